The number of anilines is 1. The molecule has 172 valence electrons. The van der Waals surface area contributed by atoms with Crippen LogP contribution in [-0.4, -0.2) is 57.6 Å². The molecule has 1 N–H and O–H groups in total. The van der Waals surface area contributed by atoms with Gasteiger partial charge in [-0.15, -0.1) is 0 Å². The molecule has 1 aromatic carbocycles. The Labute approximate surface area is 194 Å². The lowest BCUT2D eigenvalue weighted by Crippen LogP contribution is -2.42. The number of hydrogen-bond acceptors (Lipinski definition) is 6. The van der Waals surface area contributed by atoms with Gasteiger partial charge in [0.1, 0.15) is 5.82 Å². The summed E-state index contributed by atoms with van der Waals surface area (Å²) in [7, 11) is -3.13. The Hall–Kier alpha value is -2.78. The van der Waals surface area contributed by atoms with Crippen LogP contribution in [0.1, 0.15) is 43.0 Å². The third kappa shape index (κ3) is 3.93. The number of nitrogens with zero attached hydrogens (tertiary/aromatic N) is 5. The third-order valence-electron chi connectivity index (χ3n) is 6.90. The normalized spacial score (nSPS) is 19.2. The molecule has 6 rings (SSSR count). The standard InChI is InChI=1S/C24H28N6O2S/c1-33(31,32)29-13-11-18(12-14-29)26-24-25-15-17-7-10-20-22(21(17)28-24)30(19-8-9-19)23(27-20)16-5-3-2-4-6-16/h2-6,15,18-19H,7-14H2,1H3,(H,25,26,28). The van der Waals surface area contributed by atoms with Gasteiger partial charge in [-0.3, -0.25) is 0 Å². The fourth-order valence-electron chi connectivity index (χ4n) is 5.02. The van der Waals surface area contributed by atoms with Crippen molar-refractivity contribution >= 4 is 16.0 Å². The SMILES string of the molecule is CS(=O)(=O)N1CCC(Nc2ncc3c(n2)-c2c(nc(-c4ccccc4)n2C2CC2)CC3)CC1. The predicted molar refractivity (Wildman–Crippen MR) is 127 cm³/mol. The zero-order valence-electron chi connectivity index (χ0n) is 18.7. The van der Waals surface area contributed by atoms with Gasteiger partial charge >= 0.3 is 0 Å². The van der Waals surface area contributed by atoms with E-state index in [1.165, 1.54) is 24.7 Å². The van der Waals surface area contributed by atoms with E-state index in [1.807, 2.05) is 12.3 Å². The average Bonchev–Trinajstić information content (AvgIpc) is 3.58. The van der Waals surface area contributed by atoms with Crippen molar-refractivity contribution in [2.75, 3.05) is 24.7 Å². The highest BCUT2D eigenvalue weighted by atomic mass is 32.2. The predicted octanol–water partition coefficient (Wildman–Crippen LogP) is 3.28. The summed E-state index contributed by atoms with van der Waals surface area (Å²) in [6.07, 6.45) is 8.87. The van der Waals surface area contributed by atoms with Gasteiger partial charge in [0.25, 0.3) is 0 Å². The molecule has 3 aromatic rings. The molecule has 0 spiro atoms. The Bertz CT molecular complexity index is 1290. The van der Waals surface area contributed by atoms with E-state index in [4.69, 9.17) is 9.97 Å². The smallest absolute Gasteiger partial charge is 0.223 e. The minimum absolute atomic E-state index is 0.164. The second-order valence-electron chi connectivity index (χ2n) is 9.35. The number of fused-ring (bicyclic) bond motifs is 3. The van der Waals surface area contributed by atoms with Gasteiger partial charge in [0.2, 0.25) is 16.0 Å². The van der Waals surface area contributed by atoms with Crippen LogP contribution in [0.4, 0.5) is 5.95 Å². The summed E-state index contributed by atoms with van der Waals surface area (Å²) in [5, 5.41) is 3.46. The van der Waals surface area contributed by atoms with Crippen molar-refractivity contribution in [3.8, 4) is 22.8 Å². The Morgan fingerprint density at radius 2 is 1.76 bits per heavy atom. The molecule has 2 aliphatic carbocycles. The van der Waals surface area contributed by atoms with Crippen LogP contribution in [-0.2, 0) is 22.9 Å². The average molecular weight is 465 g/mol. The van der Waals surface area contributed by atoms with Gasteiger partial charge in [-0.05, 0) is 44.1 Å². The highest BCUT2D eigenvalue weighted by Gasteiger charge is 2.35. The monoisotopic (exact) mass is 464 g/mol. The van der Waals surface area contributed by atoms with Crippen LogP contribution in [0.2, 0.25) is 0 Å². The molecular formula is C24H28N6O2S. The topological polar surface area (TPSA) is 93.0 Å². The zero-order chi connectivity index (χ0) is 22.6. The second kappa shape index (κ2) is 7.92. The summed E-state index contributed by atoms with van der Waals surface area (Å²) in [6.45, 7) is 1.06. The Kier molecular flexibility index (Phi) is 4.99. The first-order valence-corrected chi connectivity index (χ1v) is 13.6. The maximum absolute atomic E-state index is 11.8. The van der Waals surface area contributed by atoms with Gasteiger partial charge in [-0.1, -0.05) is 30.3 Å². The summed E-state index contributed by atoms with van der Waals surface area (Å²) in [4.78, 5) is 14.7. The van der Waals surface area contributed by atoms with Gasteiger partial charge in [0.15, 0.2) is 0 Å². The molecule has 1 aliphatic heterocycles. The van der Waals surface area contributed by atoms with E-state index in [0.717, 1.165) is 54.2 Å². The summed E-state index contributed by atoms with van der Waals surface area (Å²) in [6, 6.07) is 11.1. The largest absolute Gasteiger partial charge is 0.351 e. The van der Waals surface area contributed by atoms with Crippen LogP contribution in [0, 0.1) is 0 Å². The molecule has 1 saturated carbocycles. The van der Waals surface area contributed by atoms with E-state index in [2.05, 4.69) is 39.1 Å². The van der Waals surface area contributed by atoms with Gasteiger partial charge in [-0.2, -0.15) is 0 Å². The van der Waals surface area contributed by atoms with E-state index in [9.17, 15) is 8.42 Å². The number of benzene rings is 1. The summed E-state index contributed by atoms with van der Waals surface area (Å²) < 4.78 is 27.5. The summed E-state index contributed by atoms with van der Waals surface area (Å²) in [5.74, 6) is 1.65. The Balaban J connectivity index is 1.32. The van der Waals surface area contributed by atoms with Crippen molar-refractivity contribution in [2.24, 2.45) is 0 Å². The molecule has 0 unspecified atom stereocenters. The van der Waals surface area contributed by atoms with Crippen LogP contribution in [0.15, 0.2) is 36.5 Å². The lowest BCUT2D eigenvalue weighted by atomic mass is 9.98. The fraction of sp³-hybridized carbons (Fsp3) is 0.458. The summed E-state index contributed by atoms with van der Waals surface area (Å²) in [5.41, 5.74) is 5.57. The number of aromatic nitrogens is 4. The first kappa shape index (κ1) is 20.8. The number of piperidine rings is 1. The fourth-order valence-corrected chi connectivity index (χ4v) is 5.89. The molecule has 8 nitrogen and oxygen atoms in total. The molecule has 0 bridgehead atoms. The minimum Gasteiger partial charge on any atom is -0.351 e. The maximum atomic E-state index is 11.8. The molecule has 0 amide bonds. The first-order chi connectivity index (χ1) is 16.0. The zero-order valence-corrected chi connectivity index (χ0v) is 19.6. The maximum Gasteiger partial charge on any atom is 0.223 e. The first-order valence-electron chi connectivity index (χ1n) is 11.7. The van der Waals surface area contributed by atoms with Crippen LogP contribution >= 0.6 is 0 Å². The van der Waals surface area contributed by atoms with Crippen molar-refractivity contribution < 1.29 is 8.42 Å². The van der Waals surface area contributed by atoms with Gasteiger partial charge in [-0.25, -0.2) is 27.7 Å². The van der Waals surface area contributed by atoms with E-state index in [1.54, 1.807) is 4.31 Å². The van der Waals surface area contributed by atoms with E-state index < -0.39 is 10.0 Å². The van der Waals surface area contributed by atoms with Crippen molar-refractivity contribution in [3.63, 3.8) is 0 Å². The summed E-state index contributed by atoms with van der Waals surface area (Å²) >= 11 is 0. The molecule has 2 fully saturated rings. The molecule has 0 radical (unpaired) electrons. The van der Waals surface area contributed by atoms with Crippen molar-refractivity contribution in [2.45, 2.75) is 50.6 Å². The number of hydrogen-bond donors (Lipinski definition) is 1. The Morgan fingerprint density at radius 3 is 2.45 bits per heavy atom. The van der Waals surface area contributed by atoms with Crippen LogP contribution in [0.25, 0.3) is 22.8 Å². The molecule has 33 heavy (non-hydrogen) atoms. The molecular weight excluding hydrogens is 436 g/mol. The van der Waals surface area contributed by atoms with E-state index >= 15 is 0 Å². The van der Waals surface area contributed by atoms with Gasteiger partial charge in [0.05, 0.1) is 23.3 Å². The lowest BCUT2D eigenvalue weighted by molar-refractivity contribution is 0.331. The lowest BCUT2D eigenvalue weighted by Gasteiger charge is -2.30. The van der Waals surface area contributed by atoms with Crippen molar-refractivity contribution in [1.29, 1.82) is 0 Å². The molecule has 2 aromatic heterocycles. The highest BCUT2D eigenvalue weighted by molar-refractivity contribution is 7.88. The molecule has 0 atom stereocenters. The molecule has 3 heterocycles. The number of rotatable bonds is 5. The number of imidazole rings is 1. The number of sulfonamides is 1. The van der Waals surface area contributed by atoms with Crippen LogP contribution in [0.3, 0.4) is 0 Å². The van der Waals surface area contributed by atoms with E-state index in [-0.39, 0.29) is 6.04 Å². The van der Waals surface area contributed by atoms with Crippen molar-refractivity contribution in [1.82, 2.24) is 23.8 Å². The third-order valence-corrected chi connectivity index (χ3v) is 8.21. The van der Waals surface area contributed by atoms with Crippen molar-refractivity contribution in [3.05, 3.63) is 47.8 Å². The minimum atomic E-state index is -3.13. The van der Waals surface area contributed by atoms with Crippen LogP contribution in [0.5, 0.6) is 0 Å². The number of nitrogens with one attached hydrogen (secondary N) is 1. The highest BCUT2D eigenvalue weighted by Crippen LogP contribution is 2.45. The van der Waals surface area contributed by atoms with E-state index in [0.29, 0.717) is 25.1 Å². The van der Waals surface area contributed by atoms with Crippen LogP contribution < -0.4 is 5.32 Å². The van der Waals surface area contributed by atoms with Gasteiger partial charge < -0.3 is 9.88 Å². The van der Waals surface area contributed by atoms with Gasteiger partial charge in [0, 0.05) is 36.9 Å². The molecule has 9 heteroatoms. The Morgan fingerprint density at radius 1 is 1.00 bits per heavy atom. The molecule has 3 aliphatic rings. The quantitative estimate of drug-likeness (QED) is 0.623. The molecule has 1 saturated heterocycles. The second-order valence-corrected chi connectivity index (χ2v) is 11.3. The number of aryl methyl sites for hydroxylation is 2.